The molecular weight excluding hydrogens is 421 g/mol. The standard InChI is InChI=1S/C18H20INO2S/c1-15-9-11-17(12-10-15)23(21,22)20-18(13-5-6-14-19(18)20)16-7-3-2-4-8-16/h2-4,7-12H,5-6,13-14H2,1H3. The summed E-state index contributed by atoms with van der Waals surface area (Å²) < 4.78 is 29.3. The van der Waals surface area contributed by atoms with Gasteiger partial charge in [0.2, 0.25) is 0 Å². The third kappa shape index (κ3) is 2.36. The summed E-state index contributed by atoms with van der Waals surface area (Å²) in [6.45, 7) is 1.98. The maximum absolute atomic E-state index is 13.2. The van der Waals surface area contributed by atoms with Crippen LogP contribution in [0.1, 0.15) is 30.4 Å². The molecule has 2 atom stereocenters. The van der Waals surface area contributed by atoms with E-state index in [9.17, 15) is 8.42 Å². The van der Waals surface area contributed by atoms with Crippen LogP contribution in [0.5, 0.6) is 0 Å². The zero-order valence-corrected chi connectivity index (χ0v) is 16.0. The van der Waals surface area contributed by atoms with Crippen LogP contribution in [0.15, 0.2) is 59.5 Å². The first-order chi connectivity index (χ1) is 11.1. The van der Waals surface area contributed by atoms with Crippen molar-refractivity contribution in [3.05, 3.63) is 65.7 Å². The molecule has 0 N–H and O–H groups in total. The Morgan fingerprint density at radius 3 is 2.39 bits per heavy atom. The van der Waals surface area contributed by atoms with Crippen LogP contribution >= 0.6 is 20.1 Å². The van der Waals surface area contributed by atoms with Gasteiger partial charge in [0.15, 0.2) is 0 Å². The summed E-state index contributed by atoms with van der Waals surface area (Å²) in [5, 5.41) is 0. The van der Waals surface area contributed by atoms with E-state index in [1.807, 2.05) is 39.8 Å². The number of halogens is 1. The Morgan fingerprint density at radius 1 is 1.00 bits per heavy atom. The number of hydrogen-bond donors (Lipinski definition) is 0. The van der Waals surface area contributed by atoms with Gasteiger partial charge >= 0.3 is 146 Å². The summed E-state index contributed by atoms with van der Waals surface area (Å²) in [7, 11) is -3.37. The molecule has 3 nitrogen and oxygen atoms in total. The van der Waals surface area contributed by atoms with Gasteiger partial charge in [-0.25, -0.2) is 0 Å². The van der Waals surface area contributed by atoms with Crippen molar-refractivity contribution in [2.24, 2.45) is 0 Å². The van der Waals surface area contributed by atoms with Crippen LogP contribution in [0.4, 0.5) is 0 Å². The monoisotopic (exact) mass is 441 g/mol. The number of nitrogens with zero attached hydrogens (tertiary/aromatic N) is 1. The van der Waals surface area contributed by atoms with Gasteiger partial charge in [0.05, 0.1) is 0 Å². The average Bonchev–Trinajstić information content (AvgIpc) is 3.27. The first kappa shape index (κ1) is 15.6. The quantitative estimate of drug-likeness (QED) is 0.232. The van der Waals surface area contributed by atoms with Crippen molar-refractivity contribution < 1.29 is 8.42 Å². The van der Waals surface area contributed by atoms with E-state index in [0.29, 0.717) is 4.90 Å². The van der Waals surface area contributed by atoms with Crippen LogP contribution in [0.25, 0.3) is 0 Å². The van der Waals surface area contributed by atoms with E-state index in [1.54, 1.807) is 12.1 Å². The Hall–Kier alpha value is -0.920. The van der Waals surface area contributed by atoms with Crippen molar-refractivity contribution in [1.29, 1.82) is 0 Å². The van der Waals surface area contributed by atoms with Crippen molar-refractivity contribution in [1.82, 2.24) is 2.52 Å². The van der Waals surface area contributed by atoms with Crippen LogP contribution < -0.4 is 0 Å². The van der Waals surface area contributed by atoms with Gasteiger partial charge in [-0.3, -0.25) is 0 Å². The maximum atomic E-state index is 13.2. The fraction of sp³-hybridized carbons (Fsp3) is 0.333. The van der Waals surface area contributed by atoms with Crippen molar-refractivity contribution >= 4 is 30.1 Å². The normalized spacial score (nSPS) is 28.2. The topological polar surface area (TPSA) is 37.1 Å². The molecule has 0 aromatic heterocycles. The molecule has 2 aromatic rings. The summed E-state index contributed by atoms with van der Waals surface area (Å²) in [6, 6.07) is 17.6. The van der Waals surface area contributed by atoms with E-state index in [1.165, 1.54) is 12.0 Å². The molecule has 2 aliphatic rings. The number of benzene rings is 2. The fourth-order valence-electron chi connectivity index (χ4n) is 3.41. The first-order valence-electron chi connectivity index (χ1n) is 7.90. The van der Waals surface area contributed by atoms with Crippen LogP contribution in [-0.2, 0) is 13.6 Å². The molecule has 0 aliphatic carbocycles. The van der Waals surface area contributed by atoms with Crippen molar-refractivity contribution in [3.63, 3.8) is 0 Å². The molecule has 122 valence electrons. The van der Waals surface area contributed by atoms with E-state index >= 15 is 0 Å². The zero-order valence-electron chi connectivity index (χ0n) is 13.1. The molecule has 0 spiro atoms. The predicted octanol–water partition coefficient (Wildman–Crippen LogP) is 4.46. The molecule has 0 bridgehead atoms. The molecule has 2 aliphatic heterocycles. The Balaban J connectivity index is 1.78. The molecule has 2 aromatic carbocycles. The number of sulfonamides is 1. The molecule has 0 saturated carbocycles. The van der Waals surface area contributed by atoms with Crippen molar-refractivity contribution in [3.8, 4) is 0 Å². The van der Waals surface area contributed by atoms with Gasteiger partial charge in [-0.1, -0.05) is 0 Å². The summed E-state index contributed by atoms with van der Waals surface area (Å²) in [4.78, 5) is 0.449. The second kappa shape index (κ2) is 5.57. The van der Waals surface area contributed by atoms with Crippen LogP contribution in [0.2, 0.25) is 0 Å². The Kier molecular flexibility index (Phi) is 3.77. The SMILES string of the molecule is Cc1ccc(S(=O)(=O)N2I3CCCCC23c2ccccc2)cc1. The zero-order chi connectivity index (χ0) is 16.1. The third-order valence-corrected chi connectivity index (χ3v) is 16.1. The molecular formula is C18H20INO2S. The second-order valence-corrected chi connectivity index (χ2v) is 14.3. The number of rotatable bonds is 3. The average molecular weight is 441 g/mol. The van der Waals surface area contributed by atoms with Crippen molar-refractivity contribution in [2.75, 3.05) is 4.43 Å². The van der Waals surface area contributed by atoms with Gasteiger partial charge in [-0.15, -0.1) is 0 Å². The molecule has 2 unspecified atom stereocenters. The molecule has 2 saturated heterocycles. The minimum atomic E-state index is -3.37. The Morgan fingerprint density at radius 2 is 1.70 bits per heavy atom. The summed E-state index contributed by atoms with van der Waals surface area (Å²) in [6.07, 6.45) is 3.30. The molecule has 2 fully saturated rings. The molecule has 23 heavy (non-hydrogen) atoms. The van der Waals surface area contributed by atoms with E-state index < -0.39 is 30.1 Å². The Bertz CT molecular complexity index is 820. The predicted molar refractivity (Wildman–Crippen MR) is 101 cm³/mol. The van der Waals surface area contributed by atoms with E-state index in [2.05, 4.69) is 12.1 Å². The summed E-state index contributed by atoms with van der Waals surface area (Å²) in [5.41, 5.74) is 2.30. The number of fused-ring (bicyclic) bond motifs is 1. The molecule has 0 amide bonds. The fourth-order valence-corrected chi connectivity index (χ4v) is 17.1. The Labute approximate surface area is 145 Å². The molecule has 5 heteroatoms. The van der Waals surface area contributed by atoms with E-state index in [0.717, 1.165) is 22.8 Å². The number of alkyl halides is 2. The molecule has 2 heterocycles. The van der Waals surface area contributed by atoms with E-state index in [4.69, 9.17) is 0 Å². The van der Waals surface area contributed by atoms with Gasteiger partial charge in [0, 0.05) is 0 Å². The van der Waals surface area contributed by atoms with Gasteiger partial charge in [0.25, 0.3) is 0 Å². The minimum absolute atomic E-state index is 0.160. The van der Waals surface area contributed by atoms with E-state index in [-0.39, 0.29) is 3.55 Å². The first-order valence-corrected chi connectivity index (χ1v) is 12.9. The van der Waals surface area contributed by atoms with Gasteiger partial charge in [-0.05, 0) is 0 Å². The van der Waals surface area contributed by atoms with Crippen LogP contribution in [0, 0.1) is 6.92 Å². The summed E-state index contributed by atoms with van der Waals surface area (Å²) >= 11 is -1.67. The van der Waals surface area contributed by atoms with Gasteiger partial charge in [-0.2, -0.15) is 0 Å². The van der Waals surface area contributed by atoms with Crippen molar-refractivity contribution in [2.45, 2.75) is 34.6 Å². The molecule has 0 radical (unpaired) electrons. The van der Waals surface area contributed by atoms with Crippen LogP contribution in [0.3, 0.4) is 0 Å². The van der Waals surface area contributed by atoms with Gasteiger partial charge in [0.1, 0.15) is 0 Å². The number of hydrogen-bond acceptors (Lipinski definition) is 2. The molecule has 4 rings (SSSR count). The summed E-state index contributed by atoms with van der Waals surface area (Å²) in [5.74, 6) is 0. The second-order valence-electron chi connectivity index (χ2n) is 6.14. The van der Waals surface area contributed by atoms with Crippen LogP contribution in [-0.4, -0.2) is 15.4 Å². The van der Waals surface area contributed by atoms with Gasteiger partial charge < -0.3 is 0 Å². The number of aryl methyl sites for hydroxylation is 1. The third-order valence-electron chi connectivity index (χ3n) is 4.61.